The van der Waals surface area contributed by atoms with Crippen LogP contribution in [0.1, 0.15) is 11.1 Å². The molecule has 2 rings (SSSR count). The Bertz CT molecular complexity index is 502. The number of nitrogens with zero attached hydrogens (tertiary/aromatic N) is 1. The van der Waals surface area contributed by atoms with E-state index in [0.717, 1.165) is 17.4 Å². The molecule has 0 aliphatic rings. The highest BCUT2D eigenvalue weighted by molar-refractivity contribution is 9.10. The largest absolute Gasteiger partial charge is 0.312 e. The molecule has 4 heteroatoms. The van der Waals surface area contributed by atoms with Gasteiger partial charge in [0.15, 0.2) is 0 Å². The van der Waals surface area contributed by atoms with Crippen molar-refractivity contribution in [2.24, 2.45) is 0 Å². The third-order valence-corrected chi connectivity index (χ3v) is 3.16. The first-order valence-corrected chi connectivity index (χ1v) is 6.58. The van der Waals surface area contributed by atoms with Crippen molar-refractivity contribution in [1.82, 2.24) is 10.3 Å². The molecule has 94 valence electrons. The highest BCUT2D eigenvalue weighted by atomic mass is 79.9. The van der Waals surface area contributed by atoms with Crippen LogP contribution in [0.4, 0.5) is 4.39 Å². The van der Waals surface area contributed by atoms with Gasteiger partial charge in [0.1, 0.15) is 5.82 Å². The smallest absolute Gasteiger partial charge is 0.128 e. The van der Waals surface area contributed by atoms with Gasteiger partial charge in [0.2, 0.25) is 0 Å². The molecule has 0 bridgehead atoms. The highest BCUT2D eigenvalue weighted by Gasteiger charge is 2.01. The van der Waals surface area contributed by atoms with Gasteiger partial charge in [-0.2, -0.15) is 0 Å². The minimum absolute atomic E-state index is 0.180. The van der Waals surface area contributed by atoms with Crippen molar-refractivity contribution in [3.63, 3.8) is 0 Å². The second-order valence-corrected chi connectivity index (χ2v) is 4.93. The fourth-order valence-electron chi connectivity index (χ4n) is 1.67. The van der Waals surface area contributed by atoms with Gasteiger partial charge < -0.3 is 5.32 Å². The topological polar surface area (TPSA) is 24.9 Å². The van der Waals surface area contributed by atoms with Crippen molar-refractivity contribution in [1.29, 1.82) is 0 Å². The molecule has 1 N–H and O–H groups in total. The van der Waals surface area contributed by atoms with E-state index in [0.29, 0.717) is 12.1 Å². The molecule has 1 aromatic heterocycles. The zero-order valence-electron chi connectivity index (χ0n) is 9.87. The molecule has 2 nitrogen and oxygen atoms in total. The summed E-state index contributed by atoms with van der Waals surface area (Å²) < 4.78 is 14.3. The van der Waals surface area contributed by atoms with Gasteiger partial charge in [-0.3, -0.25) is 4.98 Å². The van der Waals surface area contributed by atoms with E-state index >= 15 is 0 Å². The zero-order chi connectivity index (χ0) is 12.8. The predicted octanol–water partition coefficient (Wildman–Crippen LogP) is 3.32. The molecule has 0 aliphatic carbocycles. The molecule has 0 radical (unpaired) electrons. The van der Waals surface area contributed by atoms with E-state index in [2.05, 4.69) is 26.2 Å². The first kappa shape index (κ1) is 13.2. The van der Waals surface area contributed by atoms with E-state index in [1.54, 1.807) is 18.5 Å². The van der Waals surface area contributed by atoms with E-state index < -0.39 is 0 Å². The molecule has 0 unspecified atom stereocenters. The summed E-state index contributed by atoms with van der Waals surface area (Å²) in [5.41, 5.74) is 1.92. The van der Waals surface area contributed by atoms with Crippen molar-refractivity contribution in [2.75, 3.05) is 6.54 Å². The Labute approximate surface area is 114 Å². The van der Waals surface area contributed by atoms with Gasteiger partial charge in [0, 0.05) is 29.0 Å². The van der Waals surface area contributed by atoms with Crippen molar-refractivity contribution >= 4 is 15.9 Å². The number of hydrogen-bond donors (Lipinski definition) is 1. The summed E-state index contributed by atoms with van der Waals surface area (Å²) in [6.07, 6.45) is 4.48. The maximum atomic E-state index is 13.5. The Hall–Kier alpha value is -1.26. The number of halogens is 2. The molecule has 0 atom stereocenters. The Balaban J connectivity index is 1.79. The standard InChI is InChI=1S/C14H14BrFN2/c15-13-2-1-12(14(16)9-13)10-18-8-5-11-3-6-17-7-4-11/h1-4,6-7,9,18H,5,8,10H2. The molecule has 0 saturated carbocycles. The van der Waals surface area contributed by atoms with Crippen LogP contribution in [-0.2, 0) is 13.0 Å². The van der Waals surface area contributed by atoms with Gasteiger partial charge in [-0.25, -0.2) is 4.39 Å². The molecular formula is C14H14BrFN2. The lowest BCUT2D eigenvalue weighted by Gasteiger charge is -2.06. The lowest BCUT2D eigenvalue weighted by molar-refractivity contribution is 0.587. The van der Waals surface area contributed by atoms with E-state index in [1.165, 1.54) is 11.6 Å². The monoisotopic (exact) mass is 308 g/mol. The Morgan fingerprint density at radius 1 is 1.17 bits per heavy atom. The third kappa shape index (κ3) is 3.89. The van der Waals surface area contributed by atoms with E-state index in [9.17, 15) is 4.39 Å². The molecule has 0 amide bonds. The summed E-state index contributed by atoms with van der Waals surface area (Å²) in [6.45, 7) is 1.36. The first-order valence-electron chi connectivity index (χ1n) is 5.79. The van der Waals surface area contributed by atoms with Crippen molar-refractivity contribution < 1.29 is 4.39 Å². The molecule has 0 saturated heterocycles. The molecule has 0 spiro atoms. The first-order chi connectivity index (χ1) is 8.75. The van der Waals surface area contributed by atoms with Crippen LogP contribution in [-0.4, -0.2) is 11.5 Å². The molecule has 18 heavy (non-hydrogen) atoms. The Morgan fingerprint density at radius 3 is 2.67 bits per heavy atom. The SMILES string of the molecule is Fc1cc(Br)ccc1CNCCc1ccncc1. The number of pyridine rings is 1. The van der Waals surface area contributed by atoms with Crippen molar-refractivity contribution in [3.8, 4) is 0 Å². The van der Waals surface area contributed by atoms with Gasteiger partial charge in [-0.1, -0.05) is 22.0 Å². The lowest BCUT2D eigenvalue weighted by Crippen LogP contribution is -2.17. The number of aromatic nitrogens is 1. The second kappa shape index (κ2) is 6.61. The van der Waals surface area contributed by atoms with Crippen LogP contribution in [0.5, 0.6) is 0 Å². The van der Waals surface area contributed by atoms with Crippen LogP contribution in [0.2, 0.25) is 0 Å². The van der Waals surface area contributed by atoms with Gasteiger partial charge in [0.05, 0.1) is 0 Å². The van der Waals surface area contributed by atoms with Crippen molar-refractivity contribution in [2.45, 2.75) is 13.0 Å². The lowest BCUT2D eigenvalue weighted by atomic mass is 10.2. The van der Waals surface area contributed by atoms with Crippen LogP contribution in [0, 0.1) is 5.82 Å². The molecule has 1 heterocycles. The minimum atomic E-state index is -0.180. The van der Waals surface area contributed by atoms with E-state index in [4.69, 9.17) is 0 Å². The van der Waals surface area contributed by atoms with Crippen LogP contribution < -0.4 is 5.32 Å². The van der Waals surface area contributed by atoms with Crippen LogP contribution in [0.25, 0.3) is 0 Å². The molecule has 0 aliphatic heterocycles. The quantitative estimate of drug-likeness (QED) is 0.857. The maximum Gasteiger partial charge on any atom is 0.128 e. The Morgan fingerprint density at radius 2 is 1.94 bits per heavy atom. The van der Waals surface area contributed by atoms with Crippen molar-refractivity contribution in [3.05, 3.63) is 64.1 Å². The number of benzene rings is 1. The fourth-order valence-corrected chi connectivity index (χ4v) is 2.00. The predicted molar refractivity (Wildman–Crippen MR) is 73.7 cm³/mol. The van der Waals surface area contributed by atoms with Crippen LogP contribution >= 0.6 is 15.9 Å². The molecular weight excluding hydrogens is 295 g/mol. The number of hydrogen-bond acceptors (Lipinski definition) is 2. The van der Waals surface area contributed by atoms with Gasteiger partial charge >= 0.3 is 0 Å². The van der Waals surface area contributed by atoms with Crippen LogP contribution in [0.15, 0.2) is 47.2 Å². The van der Waals surface area contributed by atoms with E-state index in [-0.39, 0.29) is 5.82 Å². The summed E-state index contributed by atoms with van der Waals surface area (Å²) >= 11 is 3.24. The summed E-state index contributed by atoms with van der Waals surface area (Å²) in [4.78, 5) is 3.97. The second-order valence-electron chi connectivity index (χ2n) is 4.02. The Kier molecular flexibility index (Phi) is 4.84. The molecule has 1 aromatic carbocycles. The normalized spacial score (nSPS) is 10.6. The van der Waals surface area contributed by atoms with Gasteiger partial charge in [-0.15, -0.1) is 0 Å². The number of rotatable bonds is 5. The van der Waals surface area contributed by atoms with Crippen LogP contribution in [0.3, 0.4) is 0 Å². The van der Waals surface area contributed by atoms with Gasteiger partial charge in [-0.05, 0) is 42.8 Å². The summed E-state index contributed by atoms with van der Waals surface area (Å²) in [5.74, 6) is -0.180. The molecule has 2 aromatic rings. The fraction of sp³-hybridized carbons (Fsp3) is 0.214. The summed E-state index contributed by atoms with van der Waals surface area (Å²) in [5, 5.41) is 3.23. The average Bonchev–Trinajstić information content (AvgIpc) is 2.38. The van der Waals surface area contributed by atoms with E-state index in [1.807, 2.05) is 18.2 Å². The third-order valence-electron chi connectivity index (χ3n) is 2.67. The maximum absolute atomic E-state index is 13.5. The molecule has 0 fully saturated rings. The average molecular weight is 309 g/mol. The van der Waals surface area contributed by atoms with Gasteiger partial charge in [0.25, 0.3) is 0 Å². The minimum Gasteiger partial charge on any atom is -0.312 e. The number of nitrogens with one attached hydrogen (secondary N) is 1. The summed E-state index contributed by atoms with van der Waals surface area (Å²) in [6, 6.07) is 9.10. The highest BCUT2D eigenvalue weighted by Crippen LogP contribution is 2.14. The zero-order valence-corrected chi connectivity index (χ0v) is 11.5. The summed E-state index contributed by atoms with van der Waals surface area (Å²) in [7, 11) is 0.